The molecule has 4 nitrogen and oxygen atoms in total. The molecule has 0 aliphatic carbocycles. The lowest BCUT2D eigenvalue weighted by Crippen LogP contribution is -2.33. The minimum Gasteiger partial charge on any atom is -0.330 e. The summed E-state index contributed by atoms with van der Waals surface area (Å²) in [4.78, 5) is 12.5. The fourth-order valence-electron chi connectivity index (χ4n) is 1.32. The van der Waals surface area contributed by atoms with Crippen molar-refractivity contribution >= 4 is 6.29 Å². The molecule has 0 aromatic rings. The van der Waals surface area contributed by atoms with Crippen LogP contribution < -0.4 is 11.1 Å². The minimum absolute atomic E-state index is 0.665. The van der Waals surface area contributed by atoms with Gasteiger partial charge >= 0.3 is 0 Å². The Morgan fingerprint density at radius 1 is 1.29 bits per heavy atom. The second kappa shape index (κ2) is 10.6. The van der Waals surface area contributed by atoms with Gasteiger partial charge in [0.15, 0.2) is 0 Å². The van der Waals surface area contributed by atoms with E-state index < -0.39 is 0 Å². The zero-order valence-electron chi connectivity index (χ0n) is 9.17. The maximum atomic E-state index is 10.2. The highest BCUT2D eigenvalue weighted by atomic mass is 16.1. The topological polar surface area (TPSA) is 58.4 Å². The molecule has 4 heteroatoms. The standard InChI is InChI=1S/C10H23N3O/c1-12-6-9-13(8-4-5-11)7-2-3-10-14/h10,12H,2-9,11H2,1H3. The Kier molecular flexibility index (Phi) is 10.3. The molecule has 0 rings (SSSR count). The van der Waals surface area contributed by atoms with E-state index in [-0.39, 0.29) is 0 Å². The number of nitrogens with zero attached hydrogens (tertiary/aromatic N) is 1. The highest BCUT2D eigenvalue weighted by Gasteiger charge is 2.02. The molecule has 0 saturated heterocycles. The van der Waals surface area contributed by atoms with E-state index in [0.29, 0.717) is 6.42 Å². The van der Waals surface area contributed by atoms with Gasteiger partial charge in [0.25, 0.3) is 0 Å². The lowest BCUT2D eigenvalue weighted by molar-refractivity contribution is -0.108. The summed E-state index contributed by atoms with van der Waals surface area (Å²) in [6, 6.07) is 0. The first-order valence-electron chi connectivity index (χ1n) is 5.35. The number of rotatable bonds is 10. The molecule has 0 aromatic heterocycles. The molecule has 0 heterocycles. The monoisotopic (exact) mass is 201 g/mol. The fraction of sp³-hybridized carbons (Fsp3) is 0.900. The van der Waals surface area contributed by atoms with Crippen LogP contribution in [0.1, 0.15) is 19.3 Å². The third-order valence-corrected chi connectivity index (χ3v) is 2.15. The molecular formula is C10H23N3O. The van der Waals surface area contributed by atoms with E-state index in [4.69, 9.17) is 5.73 Å². The van der Waals surface area contributed by atoms with Crippen molar-refractivity contribution in [2.24, 2.45) is 5.73 Å². The molecule has 0 aromatic carbocycles. The summed E-state index contributed by atoms with van der Waals surface area (Å²) >= 11 is 0. The van der Waals surface area contributed by atoms with Gasteiger partial charge in [-0.05, 0) is 39.5 Å². The van der Waals surface area contributed by atoms with Crippen molar-refractivity contribution in [2.75, 3.05) is 39.8 Å². The number of carbonyl (C=O) groups is 1. The number of hydrogen-bond donors (Lipinski definition) is 2. The highest BCUT2D eigenvalue weighted by molar-refractivity contribution is 5.48. The quantitative estimate of drug-likeness (QED) is 0.381. The van der Waals surface area contributed by atoms with Crippen LogP contribution in [0.25, 0.3) is 0 Å². The van der Waals surface area contributed by atoms with Crippen molar-refractivity contribution in [1.82, 2.24) is 10.2 Å². The van der Waals surface area contributed by atoms with Crippen molar-refractivity contribution in [1.29, 1.82) is 0 Å². The zero-order chi connectivity index (χ0) is 10.6. The molecule has 0 unspecified atom stereocenters. The van der Waals surface area contributed by atoms with Crippen LogP contribution in [0.4, 0.5) is 0 Å². The van der Waals surface area contributed by atoms with Crippen molar-refractivity contribution in [3.05, 3.63) is 0 Å². The Labute approximate surface area is 86.8 Å². The van der Waals surface area contributed by atoms with E-state index >= 15 is 0 Å². The summed E-state index contributed by atoms with van der Waals surface area (Å²) in [5, 5.41) is 3.12. The Morgan fingerprint density at radius 2 is 2.00 bits per heavy atom. The molecular weight excluding hydrogens is 178 g/mol. The highest BCUT2D eigenvalue weighted by Crippen LogP contribution is 1.95. The molecule has 0 radical (unpaired) electrons. The van der Waals surface area contributed by atoms with Crippen LogP contribution >= 0.6 is 0 Å². The summed E-state index contributed by atoms with van der Waals surface area (Å²) in [6.45, 7) is 4.81. The van der Waals surface area contributed by atoms with Gasteiger partial charge in [0, 0.05) is 19.5 Å². The summed E-state index contributed by atoms with van der Waals surface area (Å²) in [5.41, 5.74) is 5.46. The van der Waals surface area contributed by atoms with Crippen LogP contribution in [-0.4, -0.2) is 51.0 Å². The zero-order valence-corrected chi connectivity index (χ0v) is 9.17. The number of nitrogens with two attached hydrogens (primary N) is 1. The van der Waals surface area contributed by atoms with Crippen LogP contribution in [0.2, 0.25) is 0 Å². The summed E-state index contributed by atoms with van der Waals surface area (Å²) in [5.74, 6) is 0. The van der Waals surface area contributed by atoms with E-state index in [1.54, 1.807) is 0 Å². The largest absolute Gasteiger partial charge is 0.330 e. The Hall–Kier alpha value is -0.450. The van der Waals surface area contributed by atoms with Crippen LogP contribution in [0, 0.1) is 0 Å². The van der Waals surface area contributed by atoms with E-state index in [1.165, 1.54) is 0 Å². The number of hydrogen-bond acceptors (Lipinski definition) is 4. The molecule has 14 heavy (non-hydrogen) atoms. The molecule has 0 amide bonds. The van der Waals surface area contributed by atoms with Crippen LogP contribution in [0.15, 0.2) is 0 Å². The average molecular weight is 201 g/mol. The first-order chi connectivity index (χ1) is 6.85. The van der Waals surface area contributed by atoms with E-state index in [9.17, 15) is 4.79 Å². The fourth-order valence-corrected chi connectivity index (χ4v) is 1.32. The average Bonchev–Trinajstić information content (AvgIpc) is 2.21. The first kappa shape index (κ1) is 13.5. The van der Waals surface area contributed by atoms with Gasteiger partial charge in [-0.2, -0.15) is 0 Å². The van der Waals surface area contributed by atoms with Crippen molar-refractivity contribution in [3.8, 4) is 0 Å². The predicted octanol–water partition coefficient (Wildman–Crippen LogP) is -0.164. The van der Waals surface area contributed by atoms with Gasteiger partial charge in [-0.3, -0.25) is 0 Å². The first-order valence-corrected chi connectivity index (χ1v) is 5.35. The van der Waals surface area contributed by atoms with Gasteiger partial charge in [-0.25, -0.2) is 0 Å². The summed E-state index contributed by atoms with van der Waals surface area (Å²) < 4.78 is 0. The smallest absolute Gasteiger partial charge is 0.120 e. The summed E-state index contributed by atoms with van der Waals surface area (Å²) in [7, 11) is 1.95. The maximum absolute atomic E-state index is 10.2. The third kappa shape index (κ3) is 8.16. The van der Waals surface area contributed by atoms with Gasteiger partial charge in [0.2, 0.25) is 0 Å². The molecule has 0 spiro atoms. The van der Waals surface area contributed by atoms with Gasteiger partial charge in [-0.1, -0.05) is 0 Å². The van der Waals surface area contributed by atoms with E-state index in [1.807, 2.05) is 7.05 Å². The number of nitrogens with one attached hydrogen (secondary N) is 1. The van der Waals surface area contributed by atoms with Gasteiger partial charge in [0.1, 0.15) is 6.29 Å². The molecule has 0 aliphatic rings. The molecule has 3 N–H and O–H groups in total. The second-order valence-electron chi connectivity index (χ2n) is 3.40. The van der Waals surface area contributed by atoms with Crippen molar-refractivity contribution in [3.63, 3.8) is 0 Å². The van der Waals surface area contributed by atoms with Gasteiger partial charge in [-0.15, -0.1) is 0 Å². The van der Waals surface area contributed by atoms with Gasteiger partial charge in [0.05, 0.1) is 0 Å². The lowest BCUT2D eigenvalue weighted by Gasteiger charge is -2.21. The number of carbonyl (C=O) groups excluding carboxylic acids is 1. The second-order valence-corrected chi connectivity index (χ2v) is 3.40. The van der Waals surface area contributed by atoms with Crippen molar-refractivity contribution in [2.45, 2.75) is 19.3 Å². The molecule has 84 valence electrons. The molecule has 0 fully saturated rings. The van der Waals surface area contributed by atoms with Crippen LogP contribution in [-0.2, 0) is 4.79 Å². The lowest BCUT2D eigenvalue weighted by atomic mass is 10.3. The Bertz CT molecular complexity index is 123. The third-order valence-electron chi connectivity index (χ3n) is 2.15. The number of aldehydes is 1. The minimum atomic E-state index is 0.665. The SMILES string of the molecule is CNCCN(CCCN)CCCC=O. The normalized spacial score (nSPS) is 10.8. The number of likely N-dealkylation sites (N-methyl/N-ethyl adjacent to an activating group) is 1. The predicted molar refractivity (Wildman–Crippen MR) is 59.3 cm³/mol. The van der Waals surface area contributed by atoms with Crippen LogP contribution in [0.5, 0.6) is 0 Å². The van der Waals surface area contributed by atoms with E-state index in [2.05, 4.69) is 10.2 Å². The summed E-state index contributed by atoms with van der Waals surface area (Å²) in [6.07, 6.45) is 3.64. The van der Waals surface area contributed by atoms with Gasteiger partial charge < -0.3 is 20.7 Å². The molecule has 0 atom stereocenters. The Balaban J connectivity index is 3.54. The number of unbranched alkanes of at least 4 members (excludes halogenated alkanes) is 1. The molecule has 0 saturated carbocycles. The molecule has 0 bridgehead atoms. The maximum Gasteiger partial charge on any atom is 0.120 e. The molecule has 0 aliphatic heterocycles. The Morgan fingerprint density at radius 3 is 2.57 bits per heavy atom. The van der Waals surface area contributed by atoms with Crippen molar-refractivity contribution < 1.29 is 4.79 Å². The van der Waals surface area contributed by atoms with Crippen LogP contribution in [0.3, 0.4) is 0 Å². The van der Waals surface area contributed by atoms with E-state index in [0.717, 1.165) is 51.9 Å².